The number of nitrogens with one attached hydrogen (secondary N) is 1. The molecule has 0 saturated carbocycles. The van der Waals surface area contributed by atoms with Crippen molar-refractivity contribution in [1.82, 2.24) is 24.7 Å². The number of rotatable bonds is 8. The number of ether oxygens (including phenoxy) is 1. The van der Waals surface area contributed by atoms with Gasteiger partial charge in [0, 0.05) is 44.3 Å². The first kappa shape index (κ1) is 33.2. The minimum Gasteiger partial charge on any atom is -0.467 e. The Morgan fingerprint density at radius 3 is 2.39 bits per heavy atom. The fourth-order valence-electron chi connectivity index (χ4n) is 5.41. The molecule has 3 amide bonds. The third-order valence-corrected chi connectivity index (χ3v) is 7.57. The molecule has 4 heterocycles. The van der Waals surface area contributed by atoms with Gasteiger partial charge in [-0.05, 0) is 45.2 Å². The van der Waals surface area contributed by atoms with Gasteiger partial charge in [-0.1, -0.05) is 34.6 Å². The highest BCUT2D eigenvalue weighted by atomic mass is 16.6. The van der Waals surface area contributed by atoms with E-state index in [0.29, 0.717) is 42.5 Å². The summed E-state index contributed by atoms with van der Waals surface area (Å²) in [6.45, 7) is 17.1. The highest BCUT2D eigenvalue weighted by molar-refractivity contribution is 5.98. The van der Waals surface area contributed by atoms with E-state index in [1.165, 1.54) is 4.90 Å². The summed E-state index contributed by atoms with van der Waals surface area (Å²) in [5, 5.41) is 13.1. The Labute approximate surface area is 260 Å². The zero-order chi connectivity index (χ0) is 32.4. The minimum atomic E-state index is -0.723. The molecule has 0 aliphatic carbocycles. The molecular weight excluding hydrogens is 564 g/mol. The quantitative estimate of drug-likeness (QED) is 0.454. The molecule has 0 aromatic carbocycles. The van der Waals surface area contributed by atoms with Crippen LogP contribution in [0.4, 0.5) is 10.6 Å². The minimum absolute atomic E-state index is 0.102. The SMILES string of the molecule is CC(C)CN(C(=O)c1cnc(C(C)(C)C)nc1NCc1ccco1)C1C[C@@H](C(=O)N2CC(O)C2)CN(C(=O)OC(C)(C)C)C1. The van der Waals surface area contributed by atoms with Crippen LogP contribution < -0.4 is 5.32 Å². The van der Waals surface area contributed by atoms with E-state index < -0.39 is 29.8 Å². The lowest BCUT2D eigenvalue weighted by atomic mass is 9.90. The average Bonchev–Trinajstić information content (AvgIpc) is 3.44. The van der Waals surface area contributed by atoms with Gasteiger partial charge in [-0.15, -0.1) is 0 Å². The lowest BCUT2D eigenvalue weighted by Gasteiger charge is -2.45. The number of aromatic nitrogens is 2. The van der Waals surface area contributed by atoms with E-state index in [1.807, 2.05) is 40.7 Å². The van der Waals surface area contributed by atoms with Crippen molar-refractivity contribution in [2.45, 2.75) is 91.5 Å². The molecule has 2 atom stereocenters. The molecule has 2 saturated heterocycles. The van der Waals surface area contributed by atoms with Crippen LogP contribution in [0.3, 0.4) is 0 Å². The molecular formula is C32H48N6O6. The lowest BCUT2D eigenvalue weighted by Crippen LogP contribution is -2.61. The standard InChI is InChI=1S/C32H48N6O6/c1-20(2)15-38(28(41)25-14-34-29(31(3,4)5)35-26(25)33-13-24-10-9-11-43-24)22-12-21(27(40)36-18-23(39)19-36)16-37(17-22)30(42)44-32(6,7)8/h9-11,14,20-23,39H,12-13,15-19H2,1-8H3,(H,33,34,35)/t21-,22?/m1/s1. The zero-order valence-electron chi connectivity index (χ0n) is 27.3. The predicted molar refractivity (Wildman–Crippen MR) is 165 cm³/mol. The van der Waals surface area contributed by atoms with Crippen LogP contribution in [0.15, 0.2) is 29.0 Å². The zero-order valence-corrected chi connectivity index (χ0v) is 27.3. The summed E-state index contributed by atoms with van der Waals surface area (Å²) < 4.78 is 11.2. The first-order valence-electron chi connectivity index (χ1n) is 15.4. The number of nitrogens with zero attached hydrogens (tertiary/aromatic N) is 5. The van der Waals surface area contributed by atoms with E-state index in [-0.39, 0.29) is 49.3 Å². The topological polar surface area (TPSA) is 141 Å². The molecule has 242 valence electrons. The molecule has 2 fully saturated rings. The Bertz CT molecular complexity index is 1310. The maximum absolute atomic E-state index is 14.5. The number of furan rings is 1. The fraction of sp³-hybridized carbons (Fsp3) is 0.656. The molecule has 12 nitrogen and oxygen atoms in total. The molecule has 0 radical (unpaired) electrons. The van der Waals surface area contributed by atoms with Crippen LogP contribution in [-0.4, -0.2) is 98.2 Å². The van der Waals surface area contributed by atoms with Crippen molar-refractivity contribution in [3.8, 4) is 0 Å². The van der Waals surface area contributed by atoms with Gasteiger partial charge in [0.15, 0.2) is 0 Å². The van der Waals surface area contributed by atoms with Crippen molar-refractivity contribution in [2.24, 2.45) is 11.8 Å². The summed E-state index contributed by atoms with van der Waals surface area (Å²) in [6, 6.07) is 3.17. The molecule has 2 N–H and O–H groups in total. The Morgan fingerprint density at radius 1 is 1.11 bits per heavy atom. The Kier molecular flexibility index (Phi) is 9.92. The molecule has 1 unspecified atom stereocenters. The number of carbonyl (C=O) groups excluding carboxylic acids is 3. The number of hydrogen-bond donors (Lipinski definition) is 2. The van der Waals surface area contributed by atoms with Crippen LogP contribution in [-0.2, 0) is 21.5 Å². The van der Waals surface area contributed by atoms with Crippen molar-refractivity contribution >= 4 is 23.7 Å². The van der Waals surface area contributed by atoms with Gasteiger partial charge in [0.2, 0.25) is 5.91 Å². The summed E-state index contributed by atoms with van der Waals surface area (Å²) in [7, 11) is 0. The molecule has 44 heavy (non-hydrogen) atoms. The van der Waals surface area contributed by atoms with Gasteiger partial charge in [-0.3, -0.25) is 9.59 Å². The summed E-state index contributed by atoms with van der Waals surface area (Å²) in [5.74, 6) is 0.796. The average molecular weight is 613 g/mol. The number of anilines is 1. The Balaban J connectivity index is 1.68. The molecule has 2 aliphatic rings. The number of hydrogen-bond acceptors (Lipinski definition) is 9. The monoisotopic (exact) mass is 612 g/mol. The second kappa shape index (κ2) is 13.1. The lowest BCUT2D eigenvalue weighted by molar-refractivity contribution is -0.148. The summed E-state index contributed by atoms with van der Waals surface area (Å²) in [5.41, 5.74) is -0.775. The number of carbonyl (C=O) groups is 3. The van der Waals surface area contributed by atoms with Crippen LogP contribution in [0.2, 0.25) is 0 Å². The maximum Gasteiger partial charge on any atom is 0.410 e. The van der Waals surface area contributed by atoms with Gasteiger partial charge in [0.1, 0.15) is 28.6 Å². The Hall–Kier alpha value is -3.67. The van der Waals surface area contributed by atoms with Gasteiger partial charge in [-0.25, -0.2) is 14.8 Å². The van der Waals surface area contributed by atoms with Gasteiger partial charge in [0.25, 0.3) is 5.91 Å². The molecule has 12 heteroatoms. The first-order valence-corrected chi connectivity index (χ1v) is 15.4. The predicted octanol–water partition coefficient (Wildman–Crippen LogP) is 3.91. The van der Waals surface area contributed by atoms with Crippen molar-refractivity contribution in [3.05, 3.63) is 41.7 Å². The smallest absolute Gasteiger partial charge is 0.410 e. The van der Waals surface area contributed by atoms with E-state index in [2.05, 4.69) is 10.3 Å². The molecule has 0 spiro atoms. The molecule has 4 rings (SSSR count). The fourth-order valence-corrected chi connectivity index (χ4v) is 5.41. The number of aliphatic hydroxyl groups is 1. The van der Waals surface area contributed by atoms with Crippen LogP contribution in [0.25, 0.3) is 0 Å². The number of amides is 3. The van der Waals surface area contributed by atoms with Gasteiger partial charge >= 0.3 is 6.09 Å². The molecule has 2 aromatic heterocycles. The highest BCUT2D eigenvalue weighted by Crippen LogP contribution is 2.30. The molecule has 0 bridgehead atoms. The second-order valence-electron chi connectivity index (χ2n) is 14.4. The highest BCUT2D eigenvalue weighted by Gasteiger charge is 2.43. The van der Waals surface area contributed by atoms with E-state index >= 15 is 0 Å². The number of likely N-dealkylation sites (tertiary alicyclic amines) is 2. The maximum atomic E-state index is 14.5. The van der Waals surface area contributed by atoms with E-state index in [9.17, 15) is 19.5 Å². The van der Waals surface area contributed by atoms with Crippen molar-refractivity contribution in [1.29, 1.82) is 0 Å². The summed E-state index contributed by atoms with van der Waals surface area (Å²) >= 11 is 0. The second-order valence-corrected chi connectivity index (χ2v) is 14.4. The largest absolute Gasteiger partial charge is 0.467 e. The van der Waals surface area contributed by atoms with Crippen molar-refractivity contribution in [3.63, 3.8) is 0 Å². The van der Waals surface area contributed by atoms with E-state index in [0.717, 1.165) is 0 Å². The van der Waals surface area contributed by atoms with Crippen LogP contribution in [0.1, 0.15) is 83.8 Å². The summed E-state index contributed by atoms with van der Waals surface area (Å²) in [6.07, 6.45) is 2.46. The number of piperidine rings is 1. The van der Waals surface area contributed by atoms with Crippen molar-refractivity contribution in [2.75, 3.05) is 38.0 Å². The molecule has 2 aromatic rings. The van der Waals surface area contributed by atoms with Gasteiger partial charge < -0.3 is 34.3 Å². The van der Waals surface area contributed by atoms with E-state index in [1.54, 1.807) is 49.1 Å². The van der Waals surface area contributed by atoms with Crippen LogP contribution >= 0.6 is 0 Å². The van der Waals surface area contributed by atoms with Gasteiger partial charge in [-0.2, -0.15) is 0 Å². The van der Waals surface area contributed by atoms with Crippen molar-refractivity contribution < 1.29 is 28.6 Å². The summed E-state index contributed by atoms with van der Waals surface area (Å²) in [4.78, 5) is 55.5. The third-order valence-electron chi connectivity index (χ3n) is 7.57. The normalized spacial score (nSPS) is 19.5. The van der Waals surface area contributed by atoms with E-state index in [4.69, 9.17) is 14.1 Å². The first-order chi connectivity index (χ1) is 20.5. The Morgan fingerprint density at radius 2 is 1.82 bits per heavy atom. The number of β-amino-alcohol motifs (C(OH)–C–C–N with tert-alkyl or cyclic N) is 1. The number of aliphatic hydroxyl groups excluding tert-OH is 1. The third kappa shape index (κ3) is 8.28. The van der Waals surface area contributed by atoms with Crippen LogP contribution in [0.5, 0.6) is 0 Å². The van der Waals surface area contributed by atoms with Gasteiger partial charge in [0.05, 0.1) is 30.9 Å². The van der Waals surface area contributed by atoms with Crippen LogP contribution in [0, 0.1) is 11.8 Å². The molecule has 2 aliphatic heterocycles.